The van der Waals surface area contributed by atoms with Crippen LogP contribution in [0.5, 0.6) is 0 Å². The third-order valence-corrected chi connectivity index (χ3v) is 5.72. The summed E-state index contributed by atoms with van der Waals surface area (Å²) in [6.07, 6.45) is 9.52. The van der Waals surface area contributed by atoms with E-state index in [9.17, 15) is 0 Å². The Hall–Kier alpha value is -2.24. The van der Waals surface area contributed by atoms with Crippen molar-refractivity contribution in [2.45, 2.75) is 27.2 Å². The van der Waals surface area contributed by atoms with Crippen LogP contribution in [-0.4, -0.2) is 38.1 Å². The third kappa shape index (κ3) is 7.26. The van der Waals surface area contributed by atoms with Crippen LogP contribution in [0.3, 0.4) is 0 Å². The van der Waals surface area contributed by atoms with Crippen LogP contribution in [0.4, 0.5) is 5.69 Å². The van der Waals surface area contributed by atoms with Gasteiger partial charge in [-0.15, -0.1) is 0 Å². The Kier molecular flexibility index (Phi) is 8.80. The molecule has 4 nitrogen and oxygen atoms in total. The van der Waals surface area contributed by atoms with E-state index in [0.717, 1.165) is 29.4 Å². The molecule has 0 amide bonds. The fraction of sp³-hybridized carbons (Fsp3) is 0.375. The van der Waals surface area contributed by atoms with Crippen LogP contribution in [0, 0.1) is 26.7 Å². The van der Waals surface area contributed by atoms with Gasteiger partial charge in [-0.3, -0.25) is 4.99 Å². The largest absolute Gasteiger partial charge is 0.379 e. The average molecular weight is 411 g/mol. The van der Waals surface area contributed by atoms with Gasteiger partial charge in [0.2, 0.25) is 0 Å². The molecule has 1 aromatic carbocycles. The van der Waals surface area contributed by atoms with Gasteiger partial charge in [0.05, 0.1) is 17.1 Å². The maximum atomic E-state index is 4.26. The highest BCUT2D eigenvalue weighted by molar-refractivity contribution is 8.03. The molecular weight excluding hydrogens is 376 g/mol. The molecular formula is C24H34N4S. The maximum absolute atomic E-state index is 4.26. The lowest BCUT2D eigenvalue weighted by Gasteiger charge is -2.22. The number of benzene rings is 1. The summed E-state index contributed by atoms with van der Waals surface area (Å²) in [5, 5.41) is 7.92. The van der Waals surface area contributed by atoms with Crippen LogP contribution >= 0.6 is 11.8 Å². The summed E-state index contributed by atoms with van der Waals surface area (Å²) in [5.41, 5.74) is 7.27. The second-order valence-electron chi connectivity index (χ2n) is 7.77. The predicted octanol–water partition coefficient (Wildman–Crippen LogP) is 5.38. The number of rotatable bonds is 10. The minimum atomic E-state index is 0.329. The molecule has 2 N–H and O–H groups in total. The topological polar surface area (TPSA) is 39.7 Å². The fourth-order valence-corrected chi connectivity index (χ4v) is 3.96. The first-order valence-electron chi connectivity index (χ1n) is 9.88. The summed E-state index contributed by atoms with van der Waals surface area (Å²) in [4.78, 5) is 6.14. The first-order chi connectivity index (χ1) is 13.8. The number of anilines is 1. The van der Waals surface area contributed by atoms with E-state index < -0.39 is 0 Å². The van der Waals surface area contributed by atoms with E-state index in [4.69, 9.17) is 0 Å². The number of thioether (sulfide) groups is 1. The Morgan fingerprint density at radius 3 is 2.66 bits per heavy atom. The van der Waals surface area contributed by atoms with Gasteiger partial charge >= 0.3 is 0 Å². The van der Waals surface area contributed by atoms with Gasteiger partial charge in [0.1, 0.15) is 0 Å². The Balaban J connectivity index is 1.93. The Morgan fingerprint density at radius 1 is 1.24 bits per heavy atom. The van der Waals surface area contributed by atoms with Gasteiger partial charge in [0, 0.05) is 23.8 Å². The summed E-state index contributed by atoms with van der Waals surface area (Å²) in [7, 11) is 4.18. The zero-order valence-electron chi connectivity index (χ0n) is 18.4. The van der Waals surface area contributed by atoms with E-state index in [-0.39, 0.29) is 0 Å². The maximum Gasteiger partial charge on any atom is 0.0929 e. The highest BCUT2D eigenvalue weighted by Gasteiger charge is 2.13. The molecule has 0 aliphatic heterocycles. The zero-order valence-corrected chi connectivity index (χ0v) is 19.2. The van der Waals surface area contributed by atoms with Crippen LogP contribution in [0.25, 0.3) is 0 Å². The van der Waals surface area contributed by atoms with E-state index in [0.29, 0.717) is 11.8 Å². The van der Waals surface area contributed by atoms with E-state index in [1.54, 1.807) is 18.0 Å². The second-order valence-corrected chi connectivity index (χ2v) is 8.78. The lowest BCUT2D eigenvalue weighted by Crippen LogP contribution is -2.21. The Morgan fingerprint density at radius 2 is 1.97 bits per heavy atom. The molecule has 0 saturated carbocycles. The molecule has 0 saturated heterocycles. The van der Waals surface area contributed by atoms with E-state index in [2.05, 4.69) is 99.0 Å². The summed E-state index contributed by atoms with van der Waals surface area (Å²) in [6.45, 7) is 15.2. The van der Waals surface area contributed by atoms with Gasteiger partial charge < -0.3 is 15.5 Å². The molecule has 5 heteroatoms. The standard InChI is InChI=1S/C24H34N4S/c1-17-11-19(3)23(12-18(17)2)27-24(14-25-5)29-16-26-20(4)22-10-8-9-21(13-22)15-28(6)7/h8-9,11-14,22,26-27H,4-5,10,15-16H2,1-3,6-7H3/b24-14-. The molecule has 1 unspecified atom stereocenters. The van der Waals surface area contributed by atoms with Gasteiger partial charge in [0.15, 0.2) is 0 Å². The predicted molar refractivity (Wildman–Crippen MR) is 131 cm³/mol. The molecule has 29 heavy (non-hydrogen) atoms. The fourth-order valence-electron chi connectivity index (χ4n) is 3.22. The van der Waals surface area contributed by atoms with Gasteiger partial charge in [-0.1, -0.05) is 42.6 Å². The quantitative estimate of drug-likeness (QED) is 0.401. The van der Waals surface area contributed by atoms with Gasteiger partial charge in [-0.2, -0.15) is 0 Å². The van der Waals surface area contributed by atoms with Gasteiger partial charge in [-0.05, 0) is 76.3 Å². The molecule has 1 aromatic rings. The van der Waals surface area contributed by atoms with Crippen molar-refractivity contribution in [1.82, 2.24) is 10.2 Å². The molecule has 156 valence electrons. The van der Waals surface area contributed by atoms with Crippen LogP contribution in [0.1, 0.15) is 23.1 Å². The van der Waals surface area contributed by atoms with Crippen molar-refractivity contribution in [2.75, 3.05) is 31.8 Å². The Labute approximate surface area is 180 Å². The van der Waals surface area contributed by atoms with Crippen molar-refractivity contribution in [3.63, 3.8) is 0 Å². The molecule has 0 fully saturated rings. The normalized spacial score (nSPS) is 16.6. The monoisotopic (exact) mass is 410 g/mol. The number of nitrogens with zero attached hydrogens (tertiary/aromatic N) is 2. The van der Waals surface area contributed by atoms with Crippen molar-refractivity contribution in [3.05, 3.63) is 76.1 Å². The van der Waals surface area contributed by atoms with Crippen molar-refractivity contribution in [3.8, 4) is 0 Å². The molecule has 0 spiro atoms. The molecule has 0 aromatic heterocycles. The van der Waals surface area contributed by atoms with Crippen molar-refractivity contribution in [2.24, 2.45) is 10.9 Å². The van der Waals surface area contributed by atoms with E-state index >= 15 is 0 Å². The van der Waals surface area contributed by atoms with E-state index in [1.165, 1.54) is 22.3 Å². The van der Waals surface area contributed by atoms with Crippen LogP contribution < -0.4 is 10.6 Å². The molecule has 2 rings (SSSR count). The number of hydrogen-bond donors (Lipinski definition) is 2. The number of aryl methyl sites for hydroxylation is 3. The van der Waals surface area contributed by atoms with E-state index in [1.807, 2.05) is 0 Å². The second kappa shape index (κ2) is 11.1. The molecule has 0 bridgehead atoms. The smallest absolute Gasteiger partial charge is 0.0929 e. The Bertz CT molecular complexity index is 834. The number of likely N-dealkylation sites (N-methyl/N-ethyl adjacent to an activating group) is 1. The number of allylic oxidation sites excluding steroid dienone is 2. The minimum absolute atomic E-state index is 0.329. The molecule has 1 atom stereocenters. The van der Waals surface area contributed by atoms with Crippen LogP contribution in [0.2, 0.25) is 0 Å². The number of aliphatic imine (C=N–C) groups is 1. The first kappa shape index (κ1) is 23.0. The minimum Gasteiger partial charge on any atom is -0.379 e. The summed E-state index contributed by atoms with van der Waals surface area (Å²) >= 11 is 1.66. The number of hydrogen-bond acceptors (Lipinski definition) is 5. The number of nitrogens with one attached hydrogen (secondary N) is 2. The SMILES string of the molecule is C=N/C=C(/Nc1cc(C)c(C)cc1C)SCNC(=C)C1C=C(CN(C)C)C=CC1. The molecule has 0 heterocycles. The van der Waals surface area contributed by atoms with Crippen molar-refractivity contribution in [1.29, 1.82) is 0 Å². The first-order valence-corrected chi connectivity index (χ1v) is 10.9. The molecule has 1 aliphatic rings. The summed E-state index contributed by atoms with van der Waals surface area (Å²) in [5.74, 6) is 1.05. The van der Waals surface area contributed by atoms with Gasteiger partial charge in [-0.25, -0.2) is 0 Å². The molecule has 1 aliphatic carbocycles. The summed E-state index contributed by atoms with van der Waals surface area (Å²) in [6, 6.07) is 4.38. The van der Waals surface area contributed by atoms with Crippen LogP contribution in [0.15, 0.2) is 64.4 Å². The van der Waals surface area contributed by atoms with Gasteiger partial charge in [0.25, 0.3) is 0 Å². The summed E-state index contributed by atoms with van der Waals surface area (Å²) < 4.78 is 0. The highest BCUT2D eigenvalue weighted by atomic mass is 32.2. The third-order valence-electron chi connectivity index (χ3n) is 4.92. The molecule has 0 radical (unpaired) electrons. The van der Waals surface area contributed by atoms with Crippen LogP contribution in [-0.2, 0) is 0 Å². The zero-order chi connectivity index (χ0) is 21.4. The average Bonchev–Trinajstić information content (AvgIpc) is 2.65. The lowest BCUT2D eigenvalue weighted by atomic mass is 9.93. The lowest BCUT2D eigenvalue weighted by molar-refractivity contribution is 0.446. The highest BCUT2D eigenvalue weighted by Crippen LogP contribution is 2.26. The van der Waals surface area contributed by atoms with Crippen molar-refractivity contribution >= 4 is 24.2 Å². The van der Waals surface area contributed by atoms with Crippen molar-refractivity contribution < 1.29 is 0 Å².